The summed E-state index contributed by atoms with van der Waals surface area (Å²) in [7, 11) is -3.56. The number of carbonyl (C=O) groups is 1. The van der Waals surface area contributed by atoms with Crippen molar-refractivity contribution in [2.24, 2.45) is 0 Å². The number of rotatable bonds is 7. The molecule has 0 atom stereocenters. The fraction of sp³-hybridized carbons (Fsp3) is 0.375. The highest BCUT2D eigenvalue weighted by Gasteiger charge is 2.28. The minimum absolute atomic E-state index is 0.0333. The van der Waals surface area contributed by atoms with E-state index in [1.54, 1.807) is 23.0 Å². The normalized spacial score (nSPS) is 15.5. The number of nitrogens with zero attached hydrogens (tertiary/aromatic N) is 5. The van der Waals surface area contributed by atoms with E-state index in [0.717, 1.165) is 25.3 Å². The van der Waals surface area contributed by atoms with Crippen LogP contribution < -0.4 is 5.32 Å². The molecule has 0 saturated carbocycles. The highest BCUT2D eigenvalue weighted by molar-refractivity contribution is 7.89. The number of aromatic nitrogens is 3. The van der Waals surface area contributed by atoms with Gasteiger partial charge in [-0.05, 0) is 48.9 Å². The van der Waals surface area contributed by atoms with E-state index >= 15 is 0 Å². The predicted octanol–water partition coefficient (Wildman–Crippen LogP) is 2.97. The maximum atomic E-state index is 13.1. The summed E-state index contributed by atoms with van der Waals surface area (Å²) in [6.45, 7) is 9.40. The molecule has 0 bridgehead atoms. The highest BCUT2D eigenvalue weighted by atomic mass is 32.2. The molecule has 1 saturated heterocycles. The summed E-state index contributed by atoms with van der Waals surface area (Å²) in [5.74, 6) is 0.364. The number of amides is 1. The highest BCUT2D eigenvalue weighted by Crippen LogP contribution is 2.24. The number of hydrogen-bond acceptors (Lipinski definition) is 6. The van der Waals surface area contributed by atoms with Gasteiger partial charge in [0.25, 0.3) is 5.91 Å². The fourth-order valence-corrected chi connectivity index (χ4v) is 5.52. The Morgan fingerprint density at radius 2 is 1.76 bits per heavy atom. The Morgan fingerprint density at radius 3 is 2.35 bits per heavy atom. The molecular formula is C24H30N6O3S. The lowest BCUT2D eigenvalue weighted by Gasteiger charge is -2.33. The van der Waals surface area contributed by atoms with Crippen molar-refractivity contribution in [3.63, 3.8) is 0 Å². The number of piperazine rings is 1. The largest absolute Gasteiger partial charge is 0.322 e. The van der Waals surface area contributed by atoms with Gasteiger partial charge < -0.3 is 10.2 Å². The molecule has 3 heterocycles. The van der Waals surface area contributed by atoms with Gasteiger partial charge in [-0.25, -0.2) is 18.1 Å². The van der Waals surface area contributed by atoms with Crippen molar-refractivity contribution < 1.29 is 13.2 Å². The first-order valence-corrected chi connectivity index (χ1v) is 12.9. The van der Waals surface area contributed by atoms with E-state index in [0.29, 0.717) is 30.2 Å². The van der Waals surface area contributed by atoms with Crippen LogP contribution in [-0.4, -0.2) is 71.0 Å². The summed E-state index contributed by atoms with van der Waals surface area (Å²) in [5, 5.41) is 7.25. The average molecular weight is 483 g/mol. The number of nitrogens with one attached hydrogen (secondary N) is 1. The van der Waals surface area contributed by atoms with Gasteiger partial charge in [0, 0.05) is 38.1 Å². The van der Waals surface area contributed by atoms with Gasteiger partial charge in [-0.15, -0.1) is 0 Å². The van der Waals surface area contributed by atoms with E-state index in [-0.39, 0.29) is 16.7 Å². The molecule has 34 heavy (non-hydrogen) atoms. The van der Waals surface area contributed by atoms with Crippen LogP contribution in [0.5, 0.6) is 0 Å². The lowest BCUT2D eigenvalue weighted by atomic mass is 10.1. The van der Waals surface area contributed by atoms with E-state index < -0.39 is 10.0 Å². The molecule has 3 aromatic rings. The van der Waals surface area contributed by atoms with Gasteiger partial charge in [0.1, 0.15) is 0 Å². The van der Waals surface area contributed by atoms with Gasteiger partial charge >= 0.3 is 0 Å². The van der Waals surface area contributed by atoms with Crippen molar-refractivity contribution in [1.82, 2.24) is 24.0 Å². The van der Waals surface area contributed by atoms with Crippen LogP contribution in [0.2, 0.25) is 0 Å². The van der Waals surface area contributed by atoms with Crippen LogP contribution >= 0.6 is 0 Å². The molecule has 4 rings (SSSR count). The van der Waals surface area contributed by atoms with Crippen LogP contribution in [-0.2, 0) is 10.0 Å². The first kappa shape index (κ1) is 24.1. The van der Waals surface area contributed by atoms with Crippen molar-refractivity contribution in [1.29, 1.82) is 0 Å². The van der Waals surface area contributed by atoms with Gasteiger partial charge in [-0.2, -0.15) is 9.40 Å². The predicted molar refractivity (Wildman–Crippen MR) is 131 cm³/mol. The molecule has 9 nitrogen and oxygen atoms in total. The second-order valence-electron chi connectivity index (χ2n) is 8.51. The smallest absolute Gasteiger partial charge is 0.259 e. The maximum Gasteiger partial charge on any atom is 0.259 e. The molecule has 0 aliphatic carbocycles. The summed E-state index contributed by atoms with van der Waals surface area (Å²) in [5.41, 5.74) is 1.72. The summed E-state index contributed by atoms with van der Waals surface area (Å²) < 4.78 is 29.2. The molecule has 1 aliphatic heterocycles. The third kappa shape index (κ3) is 4.89. The average Bonchev–Trinajstić information content (AvgIpc) is 3.31. The molecular weight excluding hydrogens is 452 g/mol. The lowest BCUT2D eigenvalue weighted by molar-refractivity contribution is 0.102. The van der Waals surface area contributed by atoms with Gasteiger partial charge in [-0.1, -0.05) is 26.8 Å². The molecule has 1 amide bonds. The summed E-state index contributed by atoms with van der Waals surface area (Å²) >= 11 is 0. The fourth-order valence-electron chi connectivity index (χ4n) is 4.09. The minimum atomic E-state index is -3.56. The number of hydrogen-bond donors (Lipinski definition) is 1. The molecule has 1 fully saturated rings. The molecule has 0 radical (unpaired) electrons. The lowest BCUT2D eigenvalue weighted by Crippen LogP contribution is -2.48. The zero-order valence-corrected chi connectivity index (χ0v) is 20.5. The Balaban J connectivity index is 1.50. The molecule has 1 aromatic carbocycles. The minimum Gasteiger partial charge on any atom is -0.322 e. The van der Waals surface area contributed by atoms with Crippen LogP contribution in [0.25, 0.3) is 5.82 Å². The molecule has 1 aliphatic rings. The van der Waals surface area contributed by atoms with Gasteiger partial charge in [-0.3, -0.25) is 4.79 Å². The zero-order chi connectivity index (χ0) is 24.3. The maximum absolute atomic E-state index is 13.1. The third-order valence-corrected chi connectivity index (χ3v) is 7.91. The second-order valence-corrected chi connectivity index (χ2v) is 10.5. The number of pyridine rings is 1. The summed E-state index contributed by atoms with van der Waals surface area (Å²) in [6, 6.07) is 11.8. The van der Waals surface area contributed by atoms with E-state index in [1.807, 2.05) is 32.0 Å². The topological polar surface area (TPSA) is 100 Å². The summed E-state index contributed by atoms with van der Waals surface area (Å²) in [4.78, 5) is 19.8. The van der Waals surface area contributed by atoms with Crippen LogP contribution in [0.3, 0.4) is 0 Å². The van der Waals surface area contributed by atoms with Gasteiger partial charge in [0.05, 0.1) is 22.3 Å². The quantitative estimate of drug-likeness (QED) is 0.556. The Morgan fingerprint density at radius 1 is 1.06 bits per heavy atom. The van der Waals surface area contributed by atoms with Gasteiger partial charge in [0.2, 0.25) is 10.0 Å². The number of benzene rings is 1. The molecule has 1 N–H and O–H groups in total. The number of likely N-dealkylation sites (N-methyl/N-ethyl adjacent to an activating group) is 1. The van der Waals surface area contributed by atoms with Crippen molar-refractivity contribution in [3.8, 4) is 5.82 Å². The molecule has 180 valence electrons. The van der Waals surface area contributed by atoms with E-state index in [9.17, 15) is 13.2 Å². The SMILES string of the molecule is CCN1CCN(S(=O)(=O)c2ccc(NC(=O)c3cnn(-c4ccccn4)c3C(C)C)cc2)CC1. The monoisotopic (exact) mass is 482 g/mol. The van der Waals surface area contributed by atoms with Crippen molar-refractivity contribution in [2.45, 2.75) is 31.6 Å². The number of anilines is 1. The Labute approximate surface area is 200 Å². The second kappa shape index (κ2) is 10.0. The molecule has 10 heteroatoms. The van der Waals surface area contributed by atoms with E-state index in [1.165, 1.54) is 22.6 Å². The van der Waals surface area contributed by atoms with Gasteiger partial charge in [0.15, 0.2) is 5.82 Å². The summed E-state index contributed by atoms with van der Waals surface area (Å²) in [6.07, 6.45) is 3.22. The van der Waals surface area contributed by atoms with Crippen LogP contribution in [0.1, 0.15) is 42.7 Å². The molecule has 0 unspecified atom stereocenters. The standard InChI is InChI=1S/C24H30N6O3S/c1-4-28-13-15-29(16-14-28)34(32,33)20-10-8-19(9-11-20)27-24(31)21-17-26-30(23(21)18(2)3)22-7-5-6-12-25-22/h5-12,17-18H,4,13-16H2,1-3H3,(H,27,31). The van der Waals surface area contributed by atoms with Crippen molar-refractivity contribution in [2.75, 3.05) is 38.0 Å². The van der Waals surface area contributed by atoms with Crippen molar-refractivity contribution in [3.05, 3.63) is 66.1 Å². The van der Waals surface area contributed by atoms with Crippen LogP contribution in [0, 0.1) is 0 Å². The Bertz CT molecular complexity index is 1230. The Hall–Kier alpha value is -3.08. The van der Waals surface area contributed by atoms with E-state index in [2.05, 4.69) is 27.2 Å². The zero-order valence-electron chi connectivity index (χ0n) is 19.7. The first-order valence-electron chi connectivity index (χ1n) is 11.4. The van der Waals surface area contributed by atoms with Crippen LogP contribution in [0.15, 0.2) is 59.8 Å². The number of carbonyl (C=O) groups excluding carboxylic acids is 1. The molecule has 2 aromatic heterocycles. The van der Waals surface area contributed by atoms with E-state index in [4.69, 9.17) is 0 Å². The Kier molecular flexibility index (Phi) is 7.11. The third-order valence-electron chi connectivity index (χ3n) is 5.99. The van der Waals surface area contributed by atoms with Crippen molar-refractivity contribution >= 4 is 21.6 Å². The number of sulfonamides is 1. The van der Waals surface area contributed by atoms with Crippen LogP contribution in [0.4, 0.5) is 5.69 Å². The first-order chi connectivity index (χ1) is 16.3. The molecule has 0 spiro atoms.